The second-order valence-corrected chi connectivity index (χ2v) is 8.23. The largest absolute Gasteiger partial charge is 0.309 e. The van der Waals surface area contributed by atoms with Crippen LogP contribution in [0.4, 0.5) is 4.39 Å². The molecular formula is C24H18ClFN6. The highest BCUT2D eigenvalue weighted by atomic mass is 35.5. The summed E-state index contributed by atoms with van der Waals surface area (Å²) in [7, 11) is 0. The van der Waals surface area contributed by atoms with Gasteiger partial charge in [-0.2, -0.15) is 5.10 Å². The average molecular weight is 445 g/mol. The van der Waals surface area contributed by atoms with Gasteiger partial charge >= 0.3 is 0 Å². The normalized spacial score (nSPS) is 15.6. The second kappa shape index (κ2) is 7.62. The highest BCUT2D eigenvalue weighted by molar-refractivity contribution is 6.35. The Bertz CT molecular complexity index is 1440. The second-order valence-electron chi connectivity index (χ2n) is 7.79. The van der Waals surface area contributed by atoms with E-state index in [1.807, 2.05) is 41.4 Å². The molecule has 158 valence electrons. The minimum atomic E-state index is -0.356. The fourth-order valence-corrected chi connectivity index (χ4v) is 4.44. The van der Waals surface area contributed by atoms with Crippen LogP contribution in [0.5, 0.6) is 0 Å². The Labute approximate surface area is 188 Å². The highest BCUT2D eigenvalue weighted by Crippen LogP contribution is 2.30. The van der Waals surface area contributed by atoms with Gasteiger partial charge in [-0.1, -0.05) is 17.7 Å². The Morgan fingerprint density at radius 3 is 2.91 bits per heavy atom. The van der Waals surface area contributed by atoms with Gasteiger partial charge in [0.1, 0.15) is 5.82 Å². The van der Waals surface area contributed by atoms with Crippen LogP contribution in [0.15, 0.2) is 59.9 Å². The average Bonchev–Trinajstić information content (AvgIpc) is 3.47. The third-order valence-corrected chi connectivity index (χ3v) is 6.08. The van der Waals surface area contributed by atoms with Crippen LogP contribution in [0.3, 0.4) is 0 Å². The molecule has 0 aliphatic carbocycles. The monoisotopic (exact) mass is 444 g/mol. The summed E-state index contributed by atoms with van der Waals surface area (Å²) < 4.78 is 16.5. The summed E-state index contributed by atoms with van der Waals surface area (Å²) in [6, 6.07) is 10.4. The molecular weight excluding hydrogens is 427 g/mol. The number of hydrogen-bond acceptors (Lipinski definition) is 5. The predicted octanol–water partition coefficient (Wildman–Crippen LogP) is 4.28. The molecule has 0 atom stereocenters. The van der Waals surface area contributed by atoms with Crippen molar-refractivity contribution in [2.24, 2.45) is 4.99 Å². The van der Waals surface area contributed by atoms with Gasteiger partial charge in [-0.15, -0.1) is 0 Å². The Hall–Kier alpha value is -3.42. The first kappa shape index (κ1) is 19.3. The molecule has 32 heavy (non-hydrogen) atoms. The van der Waals surface area contributed by atoms with E-state index in [1.165, 1.54) is 12.1 Å². The molecule has 1 N–H and O–H groups in total. The Kier molecular flexibility index (Phi) is 4.59. The van der Waals surface area contributed by atoms with Crippen LogP contribution in [0.25, 0.3) is 27.7 Å². The number of fused-ring (bicyclic) bond motifs is 2. The molecule has 0 bridgehead atoms. The van der Waals surface area contributed by atoms with Gasteiger partial charge in [0.25, 0.3) is 0 Å². The van der Waals surface area contributed by atoms with E-state index in [-0.39, 0.29) is 5.82 Å². The van der Waals surface area contributed by atoms with Crippen LogP contribution in [0, 0.1) is 5.82 Å². The lowest BCUT2D eigenvalue weighted by atomic mass is 9.99. The predicted molar refractivity (Wildman–Crippen MR) is 123 cm³/mol. The molecule has 2 aliphatic heterocycles. The molecule has 0 saturated carbocycles. The van der Waals surface area contributed by atoms with Crippen molar-refractivity contribution in [3.8, 4) is 11.1 Å². The van der Waals surface area contributed by atoms with Gasteiger partial charge < -0.3 is 5.32 Å². The van der Waals surface area contributed by atoms with Gasteiger partial charge in [0, 0.05) is 46.6 Å². The number of halogens is 2. The Morgan fingerprint density at radius 1 is 1.03 bits per heavy atom. The molecule has 4 aromatic rings. The number of benzene rings is 1. The maximum atomic E-state index is 14.5. The van der Waals surface area contributed by atoms with E-state index in [0.717, 1.165) is 58.8 Å². The number of nitrogens with zero attached hydrogens (tertiary/aromatic N) is 5. The van der Waals surface area contributed by atoms with Crippen LogP contribution in [0.1, 0.15) is 17.0 Å². The maximum Gasteiger partial charge on any atom is 0.132 e. The number of pyridine rings is 2. The van der Waals surface area contributed by atoms with Gasteiger partial charge in [-0.25, -0.2) is 9.37 Å². The molecule has 0 spiro atoms. The third-order valence-electron chi connectivity index (χ3n) is 5.85. The molecule has 6 rings (SSSR count). The molecule has 0 fully saturated rings. The van der Waals surface area contributed by atoms with E-state index in [0.29, 0.717) is 22.8 Å². The minimum Gasteiger partial charge on any atom is -0.309 e. The van der Waals surface area contributed by atoms with Crippen molar-refractivity contribution in [2.45, 2.75) is 13.1 Å². The topological polar surface area (TPSA) is 68.0 Å². The third kappa shape index (κ3) is 3.21. The molecule has 6 nitrogen and oxygen atoms in total. The molecule has 8 heteroatoms. The van der Waals surface area contributed by atoms with Gasteiger partial charge in [0.15, 0.2) is 0 Å². The van der Waals surface area contributed by atoms with Gasteiger partial charge in [-0.3, -0.25) is 14.7 Å². The lowest BCUT2D eigenvalue weighted by Crippen LogP contribution is -2.28. The molecule has 3 aromatic heterocycles. The summed E-state index contributed by atoms with van der Waals surface area (Å²) in [5.74, 6) is -0.356. The first-order valence-corrected chi connectivity index (χ1v) is 10.8. The van der Waals surface area contributed by atoms with Crippen LogP contribution < -0.4 is 5.32 Å². The standard InChI is InChI=1S/C24H18ClFN6/c25-15-1-2-19(26)17(10-15)24-16(5-6-28-24)20-3-4-21-22(31-20)9-14(11-29-21)18-12-30-32-8-7-27-13-23(18)32/h1-5,9-12,27H,6-8,13H2. The summed E-state index contributed by atoms with van der Waals surface area (Å²) in [6.45, 7) is 3.03. The molecule has 1 aromatic carbocycles. The number of rotatable bonds is 3. The van der Waals surface area contributed by atoms with Crippen molar-refractivity contribution in [1.82, 2.24) is 25.1 Å². The smallest absolute Gasteiger partial charge is 0.132 e. The Balaban J connectivity index is 1.41. The van der Waals surface area contributed by atoms with Crippen molar-refractivity contribution >= 4 is 33.9 Å². The Morgan fingerprint density at radius 2 is 1.97 bits per heavy atom. The summed E-state index contributed by atoms with van der Waals surface area (Å²) in [6.07, 6.45) is 5.71. The van der Waals surface area contributed by atoms with Crippen molar-refractivity contribution in [3.63, 3.8) is 0 Å². The molecule has 0 radical (unpaired) electrons. The van der Waals surface area contributed by atoms with Crippen molar-refractivity contribution in [2.75, 3.05) is 13.1 Å². The van der Waals surface area contributed by atoms with Gasteiger partial charge in [0.05, 0.1) is 47.4 Å². The number of hydrogen-bond donors (Lipinski definition) is 1. The maximum absolute atomic E-state index is 14.5. The van der Waals surface area contributed by atoms with Gasteiger partial charge in [-0.05, 0) is 36.4 Å². The zero-order chi connectivity index (χ0) is 21.7. The van der Waals surface area contributed by atoms with E-state index in [9.17, 15) is 4.39 Å². The van der Waals surface area contributed by atoms with Crippen LogP contribution >= 0.6 is 11.6 Å². The van der Waals surface area contributed by atoms with E-state index in [4.69, 9.17) is 16.6 Å². The van der Waals surface area contributed by atoms with Crippen molar-refractivity contribution in [3.05, 3.63) is 82.7 Å². The summed E-state index contributed by atoms with van der Waals surface area (Å²) in [5, 5.41) is 8.37. The van der Waals surface area contributed by atoms with Crippen LogP contribution in [-0.2, 0) is 13.1 Å². The van der Waals surface area contributed by atoms with E-state index >= 15 is 0 Å². The summed E-state index contributed by atoms with van der Waals surface area (Å²) >= 11 is 6.11. The van der Waals surface area contributed by atoms with Gasteiger partial charge in [0.2, 0.25) is 0 Å². The lowest BCUT2D eigenvalue weighted by Gasteiger charge is -2.16. The molecule has 0 amide bonds. The van der Waals surface area contributed by atoms with Crippen molar-refractivity contribution < 1.29 is 4.39 Å². The fourth-order valence-electron chi connectivity index (χ4n) is 4.27. The van der Waals surface area contributed by atoms with E-state index in [2.05, 4.69) is 20.4 Å². The fraction of sp³-hybridized carbons (Fsp3) is 0.167. The van der Waals surface area contributed by atoms with Crippen LogP contribution in [-0.4, -0.2) is 38.5 Å². The molecule has 2 aliphatic rings. The van der Waals surface area contributed by atoms with E-state index in [1.54, 1.807) is 6.07 Å². The van der Waals surface area contributed by atoms with Crippen LogP contribution in [0.2, 0.25) is 5.02 Å². The van der Waals surface area contributed by atoms with Crippen molar-refractivity contribution in [1.29, 1.82) is 0 Å². The quantitative estimate of drug-likeness (QED) is 0.512. The number of aliphatic imine (C=N–C) groups is 1. The highest BCUT2D eigenvalue weighted by Gasteiger charge is 2.21. The number of nitrogens with one attached hydrogen (secondary N) is 1. The summed E-state index contributed by atoms with van der Waals surface area (Å²) in [5.41, 5.74) is 7.22. The minimum absolute atomic E-state index is 0.356. The number of aromatic nitrogens is 4. The molecule has 5 heterocycles. The molecule has 0 unspecified atom stereocenters. The zero-order valence-corrected chi connectivity index (χ0v) is 17.8. The SMILES string of the molecule is Fc1ccc(Cl)cc1C1=NCC=C1c1ccc2ncc(-c3cnn4c3CNCC4)cc2n1. The van der Waals surface area contributed by atoms with E-state index < -0.39 is 0 Å². The number of allylic oxidation sites excluding steroid dienone is 1. The summed E-state index contributed by atoms with van der Waals surface area (Å²) in [4.78, 5) is 14.0. The zero-order valence-electron chi connectivity index (χ0n) is 17.0. The first-order chi connectivity index (χ1) is 15.7. The first-order valence-electron chi connectivity index (χ1n) is 10.4. The lowest BCUT2D eigenvalue weighted by molar-refractivity contribution is 0.476. The molecule has 0 saturated heterocycles.